The van der Waals surface area contributed by atoms with Crippen molar-refractivity contribution in [3.8, 4) is 0 Å². The second-order valence-electron chi connectivity index (χ2n) is 6.98. The van der Waals surface area contributed by atoms with Crippen molar-refractivity contribution in [2.45, 2.75) is 50.6 Å². The van der Waals surface area contributed by atoms with Gasteiger partial charge in [-0.15, -0.1) is 0 Å². The molecule has 2 atom stereocenters. The van der Waals surface area contributed by atoms with Crippen molar-refractivity contribution in [2.75, 3.05) is 6.54 Å². The zero-order valence-corrected chi connectivity index (χ0v) is 15.1. The van der Waals surface area contributed by atoms with E-state index >= 15 is 0 Å². The quantitative estimate of drug-likeness (QED) is 0.778. The zero-order valence-electron chi connectivity index (χ0n) is 14.3. The van der Waals surface area contributed by atoms with Gasteiger partial charge in [0.2, 0.25) is 5.91 Å². The molecule has 2 aliphatic rings. The van der Waals surface area contributed by atoms with E-state index in [1.807, 2.05) is 0 Å². The van der Waals surface area contributed by atoms with Crippen LogP contribution in [-0.2, 0) is 4.79 Å². The fraction of sp³-hybridized carbons (Fsp3) is 0.556. The molecule has 0 bridgehead atoms. The predicted molar refractivity (Wildman–Crippen MR) is 93.5 cm³/mol. The molecule has 2 fully saturated rings. The minimum atomic E-state index is -0.850. The third kappa shape index (κ3) is 3.63. The summed E-state index contributed by atoms with van der Waals surface area (Å²) in [7, 11) is 0. The Hall–Kier alpha value is -1.89. The maximum atomic E-state index is 14.6. The highest BCUT2D eigenvalue weighted by atomic mass is 35.5. The lowest BCUT2D eigenvalue weighted by atomic mass is 9.91. The summed E-state index contributed by atoms with van der Waals surface area (Å²) in [6, 6.07) is 0.220. The van der Waals surface area contributed by atoms with E-state index in [-0.39, 0.29) is 16.5 Å². The minimum absolute atomic E-state index is 0.0870. The highest BCUT2D eigenvalue weighted by Crippen LogP contribution is 2.39. The summed E-state index contributed by atoms with van der Waals surface area (Å²) in [5.74, 6) is -2.25. The number of benzene rings is 1. The molecule has 1 aliphatic carbocycles. The Balaban J connectivity index is 1.89. The second-order valence-corrected chi connectivity index (χ2v) is 7.39. The van der Waals surface area contributed by atoms with Crippen molar-refractivity contribution in [1.82, 2.24) is 10.2 Å². The van der Waals surface area contributed by atoms with E-state index in [0.29, 0.717) is 19.4 Å². The van der Waals surface area contributed by atoms with Crippen LogP contribution in [0.25, 0.3) is 0 Å². The molecule has 142 valence electrons. The van der Waals surface area contributed by atoms with Gasteiger partial charge in [0.15, 0.2) is 0 Å². The molecule has 8 heteroatoms. The van der Waals surface area contributed by atoms with E-state index in [1.165, 1.54) is 4.90 Å². The molecule has 0 aromatic heterocycles. The van der Waals surface area contributed by atoms with Gasteiger partial charge in [-0.3, -0.25) is 4.79 Å². The molecule has 0 radical (unpaired) electrons. The Kier molecular flexibility index (Phi) is 5.65. The molecule has 3 N–H and O–H groups in total. The first-order chi connectivity index (χ1) is 12.4. The van der Waals surface area contributed by atoms with E-state index < -0.39 is 35.7 Å². The minimum Gasteiger partial charge on any atom is -0.368 e. The Labute approximate surface area is 155 Å². The summed E-state index contributed by atoms with van der Waals surface area (Å²) in [5.41, 5.74) is 5.14. The Morgan fingerprint density at radius 2 is 1.88 bits per heavy atom. The summed E-state index contributed by atoms with van der Waals surface area (Å²) >= 11 is 5.84. The van der Waals surface area contributed by atoms with Crippen LogP contribution in [0, 0.1) is 17.6 Å². The van der Waals surface area contributed by atoms with Crippen molar-refractivity contribution >= 4 is 23.5 Å². The highest BCUT2D eigenvalue weighted by Gasteiger charge is 2.37. The molecular formula is C18H22ClF2N3O2. The van der Waals surface area contributed by atoms with Crippen LogP contribution in [-0.4, -0.2) is 29.4 Å². The number of carbonyl (C=O) groups excluding carboxylic acids is 2. The molecule has 3 rings (SSSR count). The number of nitrogens with one attached hydrogen (secondary N) is 1. The number of primary amides is 1. The second kappa shape index (κ2) is 7.78. The smallest absolute Gasteiger partial charge is 0.318 e. The van der Waals surface area contributed by atoms with Crippen LogP contribution < -0.4 is 11.1 Å². The fourth-order valence-electron chi connectivity index (χ4n) is 4.07. The molecule has 5 nitrogen and oxygen atoms in total. The largest absolute Gasteiger partial charge is 0.368 e. The summed E-state index contributed by atoms with van der Waals surface area (Å²) in [6.45, 7) is 0.386. The Bertz CT molecular complexity index is 710. The van der Waals surface area contributed by atoms with Crippen LogP contribution >= 0.6 is 11.6 Å². The maximum absolute atomic E-state index is 14.6. The van der Waals surface area contributed by atoms with Gasteiger partial charge in [0.05, 0.1) is 11.1 Å². The molecule has 0 spiro atoms. The first-order valence-corrected chi connectivity index (χ1v) is 9.27. The van der Waals surface area contributed by atoms with Gasteiger partial charge < -0.3 is 16.0 Å². The molecule has 1 saturated heterocycles. The SMILES string of the molecule is NC(=O)C1CCCN1C(=O)N[C@H](c1c(F)ccc(Cl)c1F)C1CCCC1. The van der Waals surface area contributed by atoms with Crippen molar-refractivity contribution in [1.29, 1.82) is 0 Å². The summed E-state index contributed by atoms with van der Waals surface area (Å²) in [5, 5.41) is 2.57. The van der Waals surface area contributed by atoms with Gasteiger partial charge in [0.25, 0.3) is 0 Å². The van der Waals surface area contributed by atoms with Crippen LogP contribution in [0.3, 0.4) is 0 Å². The zero-order chi connectivity index (χ0) is 18.8. The number of hydrogen-bond acceptors (Lipinski definition) is 2. The normalized spacial score (nSPS) is 21.8. The maximum Gasteiger partial charge on any atom is 0.318 e. The molecule has 26 heavy (non-hydrogen) atoms. The van der Waals surface area contributed by atoms with Crippen LogP contribution in [0.4, 0.5) is 13.6 Å². The van der Waals surface area contributed by atoms with Crippen molar-refractivity contribution in [2.24, 2.45) is 11.7 Å². The third-order valence-electron chi connectivity index (χ3n) is 5.38. The lowest BCUT2D eigenvalue weighted by Gasteiger charge is -2.30. The molecule has 1 unspecified atom stereocenters. The molecule has 3 amide bonds. The number of nitrogens with two attached hydrogens (primary N) is 1. The van der Waals surface area contributed by atoms with Gasteiger partial charge in [0, 0.05) is 12.1 Å². The van der Waals surface area contributed by atoms with Gasteiger partial charge in [-0.05, 0) is 43.7 Å². The number of urea groups is 1. The van der Waals surface area contributed by atoms with Crippen LogP contribution in [0.15, 0.2) is 12.1 Å². The van der Waals surface area contributed by atoms with E-state index in [2.05, 4.69) is 5.32 Å². The molecule has 1 heterocycles. The highest BCUT2D eigenvalue weighted by molar-refractivity contribution is 6.30. The molecular weight excluding hydrogens is 364 g/mol. The number of nitrogens with zero attached hydrogens (tertiary/aromatic N) is 1. The van der Waals surface area contributed by atoms with Crippen LogP contribution in [0.2, 0.25) is 5.02 Å². The van der Waals surface area contributed by atoms with Gasteiger partial charge in [0.1, 0.15) is 17.7 Å². The van der Waals surface area contributed by atoms with Gasteiger partial charge >= 0.3 is 6.03 Å². The Morgan fingerprint density at radius 3 is 2.54 bits per heavy atom. The van der Waals surface area contributed by atoms with E-state index in [1.54, 1.807) is 0 Å². The standard InChI is InChI=1S/C18H22ClF2N3O2/c19-11-7-8-12(20)14(15(11)21)16(10-4-1-2-5-10)23-18(26)24-9-3-6-13(24)17(22)25/h7-8,10,13,16H,1-6,9H2,(H2,22,25)(H,23,26)/t13?,16-/m0/s1. The molecule has 1 aliphatic heterocycles. The number of likely N-dealkylation sites (tertiary alicyclic amines) is 1. The number of rotatable bonds is 4. The van der Waals surface area contributed by atoms with Gasteiger partial charge in [-0.2, -0.15) is 0 Å². The van der Waals surface area contributed by atoms with Crippen molar-refractivity contribution < 1.29 is 18.4 Å². The average molecular weight is 386 g/mol. The number of hydrogen-bond donors (Lipinski definition) is 2. The third-order valence-corrected chi connectivity index (χ3v) is 5.67. The molecule has 1 saturated carbocycles. The van der Waals surface area contributed by atoms with Gasteiger partial charge in [-0.1, -0.05) is 24.4 Å². The van der Waals surface area contributed by atoms with Gasteiger partial charge in [-0.25, -0.2) is 13.6 Å². The monoisotopic (exact) mass is 385 g/mol. The summed E-state index contributed by atoms with van der Waals surface area (Å²) < 4.78 is 29.0. The predicted octanol–water partition coefficient (Wildman–Crippen LogP) is 3.51. The lowest BCUT2D eigenvalue weighted by molar-refractivity contribution is -0.121. The van der Waals surface area contributed by atoms with Crippen LogP contribution in [0.1, 0.15) is 50.1 Å². The van der Waals surface area contributed by atoms with E-state index in [9.17, 15) is 18.4 Å². The number of carbonyl (C=O) groups is 2. The summed E-state index contributed by atoms with van der Waals surface area (Å²) in [4.78, 5) is 25.6. The summed E-state index contributed by atoms with van der Waals surface area (Å²) in [6.07, 6.45) is 4.56. The lowest BCUT2D eigenvalue weighted by Crippen LogP contribution is -2.49. The van der Waals surface area contributed by atoms with E-state index in [0.717, 1.165) is 37.8 Å². The topological polar surface area (TPSA) is 75.4 Å². The number of amides is 3. The van der Waals surface area contributed by atoms with Crippen molar-refractivity contribution in [3.63, 3.8) is 0 Å². The fourth-order valence-corrected chi connectivity index (χ4v) is 4.23. The first-order valence-electron chi connectivity index (χ1n) is 8.90. The molecule has 1 aromatic carbocycles. The van der Waals surface area contributed by atoms with E-state index in [4.69, 9.17) is 17.3 Å². The molecule has 1 aromatic rings. The average Bonchev–Trinajstić information content (AvgIpc) is 3.28. The van der Waals surface area contributed by atoms with Crippen LogP contribution in [0.5, 0.6) is 0 Å². The first kappa shape index (κ1) is 18.9. The Morgan fingerprint density at radius 1 is 1.19 bits per heavy atom. The number of halogens is 3. The van der Waals surface area contributed by atoms with Crippen molar-refractivity contribution in [3.05, 3.63) is 34.4 Å².